The summed E-state index contributed by atoms with van der Waals surface area (Å²) in [7, 11) is -3.13. The molecule has 0 atom stereocenters. The summed E-state index contributed by atoms with van der Waals surface area (Å²) in [5, 5.41) is 9.16. The van der Waals surface area contributed by atoms with E-state index in [9.17, 15) is 26.4 Å². The van der Waals surface area contributed by atoms with E-state index in [0.717, 1.165) is 30.3 Å². The van der Waals surface area contributed by atoms with Crippen molar-refractivity contribution < 1.29 is 36.2 Å². The summed E-state index contributed by atoms with van der Waals surface area (Å²) in [5.41, 5.74) is -1.84. The molecule has 0 saturated heterocycles. The van der Waals surface area contributed by atoms with Gasteiger partial charge in [-0.1, -0.05) is 6.07 Å². The number of hydrogen-bond acceptors (Lipinski definition) is 4. The molecule has 0 aliphatic rings. The van der Waals surface area contributed by atoms with Crippen molar-refractivity contribution in [1.29, 1.82) is 0 Å². The van der Waals surface area contributed by atoms with Gasteiger partial charge in [-0.3, -0.25) is 4.72 Å². The summed E-state index contributed by atoms with van der Waals surface area (Å²) in [5.74, 6) is -1.25. The van der Waals surface area contributed by atoms with Crippen LogP contribution in [0.15, 0.2) is 47.4 Å². The third kappa shape index (κ3) is 4.21. The number of benzene rings is 2. The number of methoxy groups -OCH3 is 1. The van der Waals surface area contributed by atoms with Crippen molar-refractivity contribution >= 4 is 21.7 Å². The molecule has 0 unspecified atom stereocenters. The van der Waals surface area contributed by atoms with Gasteiger partial charge in [0.2, 0.25) is 0 Å². The topological polar surface area (TPSA) is 92.7 Å². The lowest BCUT2D eigenvalue weighted by molar-refractivity contribution is -0.137. The van der Waals surface area contributed by atoms with Crippen molar-refractivity contribution in [2.75, 3.05) is 11.8 Å². The van der Waals surface area contributed by atoms with Gasteiger partial charge in [0.05, 0.1) is 28.8 Å². The van der Waals surface area contributed by atoms with E-state index in [-0.39, 0.29) is 11.4 Å². The highest BCUT2D eigenvalue weighted by Crippen LogP contribution is 2.31. The Balaban J connectivity index is 2.45. The third-order valence-corrected chi connectivity index (χ3v) is 4.54. The van der Waals surface area contributed by atoms with Crippen molar-refractivity contribution in [2.24, 2.45) is 0 Å². The van der Waals surface area contributed by atoms with Crippen molar-refractivity contribution in [2.45, 2.75) is 11.1 Å². The van der Waals surface area contributed by atoms with E-state index in [4.69, 9.17) is 9.84 Å². The molecule has 6 nitrogen and oxygen atoms in total. The monoisotopic (exact) mass is 375 g/mol. The predicted molar refractivity (Wildman–Crippen MR) is 82.2 cm³/mol. The Labute approximate surface area is 140 Å². The molecule has 0 heterocycles. The number of hydrogen-bond donors (Lipinski definition) is 2. The van der Waals surface area contributed by atoms with Gasteiger partial charge in [-0.15, -0.1) is 0 Å². The summed E-state index contributed by atoms with van der Waals surface area (Å²) in [6.07, 6.45) is -4.71. The molecule has 2 rings (SSSR count). The van der Waals surface area contributed by atoms with Crippen LogP contribution < -0.4 is 9.46 Å². The Kier molecular flexibility index (Phi) is 4.93. The maximum Gasteiger partial charge on any atom is 0.416 e. The van der Waals surface area contributed by atoms with Crippen LogP contribution in [0.4, 0.5) is 18.9 Å². The third-order valence-electron chi connectivity index (χ3n) is 3.17. The van der Waals surface area contributed by atoms with E-state index >= 15 is 0 Å². The number of ether oxygens (including phenoxy) is 1. The SMILES string of the molecule is COc1ccc(NS(=O)(=O)c2cccc(C(F)(F)F)c2)c(C(=O)O)c1. The Bertz CT molecular complexity index is 910. The molecule has 10 heteroatoms. The summed E-state index contributed by atoms with van der Waals surface area (Å²) >= 11 is 0. The zero-order valence-electron chi connectivity index (χ0n) is 12.7. The molecule has 0 spiro atoms. The number of carboxylic acids is 1. The lowest BCUT2D eigenvalue weighted by Crippen LogP contribution is -2.16. The second-order valence-electron chi connectivity index (χ2n) is 4.85. The standard InChI is InChI=1S/C15H12F3NO5S/c1-24-10-5-6-13(12(8-10)14(20)21)19-25(22,23)11-4-2-3-9(7-11)15(16,17)18/h2-8,19H,1H3,(H,20,21). The molecule has 134 valence electrons. The van der Waals surface area contributed by atoms with Crippen molar-refractivity contribution in [3.05, 3.63) is 53.6 Å². The van der Waals surface area contributed by atoms with Crippen LogP contribution in [0.2, 0.25) is 0 Å². The van der Waals surface area contributed by atoms with Gasteiger partial charge < -0.3 is 9.84 Å². The largest absolute Gasteiger partial charge is 0.497 e. The van der Waals surface area contributed by atoms with Crippen LogP contribution in [-0.4, -0.2) is 26.6 Å². The molecular formula is C15H12F3NO5S. The van der Waals surface area contributed by atoms with Crippen LogP contribution in [0, 0.1) is 0 Å². The molecule has 0 bridgehead atoms. The first kappa shape index (κ1) is 18.6. The zero-order valence-corrected chi connectivity index (χ0v) is 13.5. The highest BCUT2D eigenvalue weighted by Gasteiger charge is 2.31. The van der Waals surface area contributed by atoms with Crippen LogP contribution in [0.3, 0.4) is 0 Å². The van der Waals surface area contributed by atoms with Gasteiger partial charge in [0.1, 0.15) is 5.75 Å². The molecule has 0 amide bonds. The van der Waals surface area contributed by atoms with E-state index in [0.29, 0.717) is 6.07 Å². The molecule has 0 aliphatic heterocycles. The van der Waals surface area contributed by atoms with Crippen LogP contribution in [0.1, 0.15) is 15.9 Å². The summed E-state index contributed by atoms with van der Waals surface area (Å²) in [6, 6.07) is 6.67. The highest BCUT2D eigenvalue weighted by molar-refractivity contribution is 7.92. The fourth-order valence-corrected chi connectivity index (χ4v) is 3.08. The van der Waals surface area contributed by atoms with Gasteiger partial charge in [-0.25, -0.2) is 13.2 Å². The molecule has 0 fully saturated rings. The smallest absolute Gasteiger partial charge is 0.416 e. The van der Waals surface area contributed by atoms with E-state index in [1.807, 2.05) is 4.72 Å². The average Bonchev–Trinajstić information content (AvgIpc) is 2.54. The van der Waals surface area contributed by atoms with Gasteiger partial charge in [0.15, 0.2) is 0 Å². The van der Waals surface area contributed by atoms with Gasteiger partial charge >= 0.3 is 12.1 Å². The number of rotatable bonds is 5. The van der Waals surface area contributed by atoms with Crippen LogP contribution in [0.25, 0.3) is 0 Å². The van der Waals surface area contributed by atoms with E-state index in [2.05, 4.69) is 0 Å². The van der Waals surface area contributed by atoms with Gasteiger partial charge in [-0.05, 0) is 36.4 Å². The first-order valence-electron chi connectivity index (χ1n) is 6.66. The van der Waals surface area contributed by atoms with Crippen molar-refractivity contribution in [3.8, 4) is 5.75 Å². The van der Waals surface area contributed by atoms with Crippen molar-refractivity contribution in [3.63, 3.8) is 0 Å². The maximum absolute atomic E-state index is 12.7. The summed E-state index contributed by atoms with van der Waals surface area (Å²) in [4.78, 5) is 10.6. The van der Waals surface area contributed by atoms with Crippen LogP contribution in [0.5, 0.6) is 5.75 Å². The molecule has 0 radical (unpaired) electrons. The van der Waals surface area contributed by atoms with Crippen molar-refractivity contribution in [1.82, 2.24) is 0 Å². The molecule has 0 saturated carbocycles. The van der Waals surface area contributed by atoms with E-state index in [1.165, 1.54) is 13.2 Å². The van der Waals surface area contributed by atoms with E-state index < -0.39 is 38.2 Å². The number of halogens is 3. The number of carbonyl (C=O) groups is 1. The number of nitrogens with one attached hydrogen (secondary N) is 1. The number of aromatic carboxylic acids is 1. The molecule has 2 aromatic rings. The predicted octanol–water partition coefficient (Wildman–Crippen LogP) is 3.21. The molecule has 25 heavy (non-hydrogen) atoms. The quantitative estimate of drug-likeness (QED) is 0.837. The average molecular weight is 375 g/mol. The Morgan fingerprint density at radius 1 is 1.16 bits per heavy atom. The second-order valence-corrected chi connectivity index (χ2v) is 6.53. The van der Waals surface area contributed by atoms with Gasteiger partial charge in [0, 0.05) is 0 Å². The second kappa shape index (κ2) is 6.63. The molecular weight excluding hydrogens is 363 g/mol. The fourth-order valence-electron chi connectivity index (χ4n) is 1.96. The Hall–Kier alpha value is -2.75. The van der Waals surface area contributed by atoms with Crippen LogP contribution in [-0.2, 0) is 16.2 Å². The molecule has 0 aromatic heterocycles. The highest BCUT2D eigenvalue weighted by atomic mass is 32.2. The number of carboxylic acid groups (broad SMARTS) is 1. The lowest BCUT2D eigenvalue weighted by atomic mass is 10.2. The minimum absolute atomic E-state index is 0.180. The molecule has 2 aromatic carbocycles. The summed E-state index contributed by atoms with van der Waals surface area (Å²) in [6.45, 7) is 0. The van der Waals surface area contributed by atoms with Gasteiger partial charge in [0.25, 0.3) is 10.0 Å². The Morgan fingerprint density at radius 2 is 1.84 bits per heavy atom. The first-order valence-corrected chi connectivity index (χ1v) is 8.14. The van der Waals surface area contributed by atoms with Gasteiger partial charge in [-0.2, -0.15) is 13.2 Å². The van der Waals surface area contributed by atoms with Crippen LogP contribution >= 0.6 is 0 Å². The minimum Gasteiger partial charge on any atom is -0.497 e. The Morgan fingerprint density at radius 3 is 2.40 bits per heavy atom. The normalized spacial score (nSPS) is 11.8. The maximum atomic E-state index is 12.7. The van der Waals surface area contributed by atoms with E-state index in [1.54, 1.807) is 0 Å². The first-order chi connectivity index (χ1) is 11.5. The number of anilines is 1. The minimum atomic E-state index is -4.71. The lowest BCUT2D eigenvalue weighted by Gasteiger charge is -2.13. The zero-order chi connectivity index (χ0) is 18.8. The molecule has 0 aliphatic carbocycles. The number of alkyl halides is 3. The molecule has 2 N–H and O–H groups in total. The fraction of sp³-hybridized carbons (Fsp3) is 0.133. The summed E-state index contributed by atoms with van der Waals surface area (Å²) < 4.78 is 69.6. The number of sulfonamides is 1.